The van der Waals surface area contributed by atoms with E-state index in [1.54, 1.807) is 31.2 Å². The van der Waals surface area contributed by atoms with Gasteiger partial charge in [-0.3, -0.25) is 14.9 Å². The van der Waals surface area contributed by atoms with E-state index in [2.05, 4.69) is 26.3 Å². The molecule has 3 amide bonds. The number of pyridine rings is 1. The van der Waals surface area contributed by atoms with E-state index in [9.17, 15) is 28.3 Å². The van der Waals surface area contributed by atoms with Gasteiger partial charge < -0.3 is 21.1 Å². The van der Waals surface area contributed by atoms with Gasteiger partial charge in [0.1, 0.15) is 5.82 Å². The van der Waals surface area contributed by atoms with Gasteiger partial charge in [0.2, 0.25) is 0 Å². The first kappa shape index (κ1) is 27.1. The molecule has 1 atom stereocenters. The van der Waals surface area contributed by atoms with E-state index < -0.39 is 35.5 Å². The molecule has 5 N–H and O–H groups in total. The van der Waals surface area contributed by atoms with Crippen LogP contribution in [0.4, 0.5) is 36.5 Å². The number of aromatic nitrogens is 1. The molecule has 1 aromatic heterocycles. The number of carboxylic acid groups (broad SMARTS) is 1. The summed E-state index contributed by atoms with van der Waals surface area (Å²) >= 11 is 0. The molecule has 11 heteroatoms. The van der Waals surface area contributed by atoms with Crippen LogP contribution < -0.4 is 21.3 Å². The second kappa shape index (κ2) is 12.4. The van der Waals surface area contributed by atoms with Gasteiger partial charge in [-0.25, -0.2) is 18.6 Å². The average Bonchev–Trinajstić information content (AvgIpc) is 2.86. The van der Waals surface area contributed by atoms with Crippen LogP contribution in [0.3, 0.4) is 0 Å². The molecule has 0 aliphatic heterocycles. The number of urea groups is 1. The van der Waals surface area contributed by atoms with Crippen molar-refractivity contribution in [1.82, 2.24) is 10.3 Å². The lowest BCUT2D eigenvalue weighted by atomic mass is 9.97. The van der Waals surface area contributed by atoms with Crippen molar-refractivity contribution in [3.05, 3.63) is 77.5 Å². The molecule has 0 saturated carbocycles. The summed E-state index contributed by atoms with van der Waals surface area (Å²) in [6.45, 7) is 3.95. The van der Waals surface area contributed by atoms with Crippen LogP contribution in [-0.2, 0) is 11.2 Å². The summed E-state index contributed by atoms with van der Waals surface area (Å²) in [7, 11) is 0. The lowest BCUT2D eigenvalue weighted by Crippen LogP contribution is -2.28. The van der Waals surface area contributed by atoms with Gasteiger partial charge in [-0.15, -0.1) is 0 Å². The maximum Gasteiger partial charge on any atom is 0.320 e. The number of halogens is 2. The fourth-order valence-corrected chi connectivity index (χ4v) is 3.47. The molecule has 0 fully saturated rings. The number of nitrogens with zero attached hydrogens (tertiary/aromatic N) is 1. The summed E-state index contributed by atoms with van der Waals surface area (Å²) < 4.78 is 27.1. The molecule has 37 heavy (non-hydrogen) atoms. The summed E-state index contributed by atoms with van der Waals surface area (Å²) in [5.74, 6) is -3.87. The van der Waals surface area contributed by atoms with E-state index in [0.717, 1.165) is 17.7 Å². The summed E-state index contributed by atoms with van der Waals surface area (Å²) in [5, 5.41) is 19.9. The SMILES string of the molecule is CCNC(=O)Nc1cc(Nc2ccc(F)c(F)c2)c(C(=O)Nc2ccc(CC(CC)C(=O)O)cc2)cn1. The number of carboxylic acids is 1. The minimum absolute atomic E-state index is 0.0761. The van der Waals surface area contributed by atoms with Crippen LogP contribution in [0.15, 0.2) is 54.7 Å². The third kappa shape index (κ3) is 7.47. The van der Waals surface area contributed by atoms with Gasteiger partial charge in [-0.05, 0) is 49.6 Å². The molecule has 9 nitrogen and oxygen atoms in total. The highest BCUT2D eigenvalue weighted by Gasteiger charge is 2.17. The number of nitrogens with one attached hydrogen (secondary N) is 4. The molecule has 0 aliphatic carbocycles. The van der Waals surface area contributed by atoms with Crippen molar-refractivity contribution in [2.45, 2.75) is 26.7 Å². The van der Waals surface area contributed by atoms with E-state index in [4.69, 9.17) is 0 Å². The van der Waals surface area contributed by atoms with Gasteiger partial charge in [0, 0.05) is 36.2 Å². The number of anilines is 4. The van der Waals surface area contributed by atoms with Crippen molar-refractivity contribution in [3.8, 4) is 0 Å². The quantitative estimate of drug-likeness (QED) is 0.256. The Bertz CT molecular complexity index is 1280. The van der Waals surface area contributed by atoms with Crippen LogP contribution in [0.2, 0.25) is 0 Å². The van der Waals surface area contributed by atoms with Crippen LogP contribution in [0.5, 0.6) is 0 Å². The van der Waals surface area contributed by atoms with E-state index >= 15 is 0 Å². The number of carbonyl (C=O) groups is 3. The van der Waals surface area contributed by atoms with Crippen molar-refractivity contribution in [1.29, 1.82) is 0 Å². The highest BCUT2D eigenvalue weighted by Crippen LogP contribution is 2.26. The zero-order valence-corrected chi connectivity index (χ0v) is 20.3. The zero-order chi connectivity index (χ0) is 26.9. The van der Waals surface area contributed by atoms with Crippen molar-refractivity contribution in [2.75, 3.05) is 22.5 Å². The molecular weight excluding hydrogens is 484 g/mol. The Kier molecular flexibility index (Phi) is 9.09. The minimum atomic E-state index is -1.07. The number of carbonyl (C=O) groups excluding carboxylic acids is 2. The number of hydrogen-bond acceptors (Lipinski definition) is 5. The summed E-state index contributed by atoms with van der Waals surface area (Å²) in [5.41, 5.74) is 1.72. The second-order valence-electron chi connectivity index (χ2n) is 8.15. The Labute approximate surface area is 212 Å². The number of benzene rings is 2. The Balaban J connectivity index is 1.83. The van der Waals surface area contributed by atoms with Crippen LogP contribution in [0, 0.1) is 17.6 Å². The van der Waals surface area contributed by atoms with Crippen LogP contribution in [0.25, 0.3) is 0 Å². The monoisotopic (exact) mass is 511 g/mol. The fourth-order valence-electron chi connectivity index (χ4n) is 3.47. The van der Waals surface area contributed by atoms with Gasteiger partial charge in [-0.2, -0.15) is 0 Å². The predicted octanol–water partition coefficient (Wildman–Crippen LogP) is 5.15. The Morgan fingerprint density at radius 2 is 1.65 bits per heavy atom. The zero-order valence-electron chi connectivity index (χ0n) is 20.3. The molecule has 1 heterocycles. The largest absolute Gasteiger partial charge is 0.481 e. The summed E-state index contributed by atoms with van der Waals surface area (Å²) in [6, 6.07) is 10.9. The third-order valence-corrected chi connectivity index (χ3v) is 5.46. The Morgan fingerprint density at radius 1 is 0.946 bits per heavy atom. The number of hydrogen-bond donors (Lipinski definition) is 5. The topological polar surface area (TPSA) is 132 Å². The highest BCUT2D eigenvalue weighted by molar-refractivity contribution is 6.08. The third-order valence-electron chi connectivity index (χ3n) is 5.46. The van der Waals surface area contributed by atoms with Crippen LogP contribution in [0.1, 0.15) is 36.2 Å². The minimum Gasteiger partial charge on any atom is -0.481 e. The van der Waals surface area contributed by atoms with Crippen molar-refractivity contribution in [2.24, 2.45) is 5.92 Å². The first-order chi connectivity index (χ1) is 17.7. The predicted molar refractivity (Wildman–Crippen MR) is 136 cm³/mol. The smallest absolute Gasteiger partial charge is 0.320 e. The second-order valence-corrected chi connectivity index (χ2v) is 8.15. The van der Waals surface area contributed by atoms with Gasteiger partial charge >= 0.3 is 12.0 Å². The maximum absolute atomic E-state index is 13.7. The van der Waals surface area contributed by atoms with E-state index in [1.165, 1.54) is 18.3 Å². The molecule has 1 unspecified atom stereocenters. The lowest BCUT2D eigenvalue weighted by molar-refractivity contribution is -0.141. The van der Waals surface area contributed by atoms with Crippen molar-refractivity contribution in [3.63, 3.8) is 0 Å². The molecule has 3 aromatic rings. The van der Waals surface area contributed by atoms with Crippen molar-refractivity contribution < 1.29 is 28.3 Å². The molecule has 3 rings (SSSR count). The Hall–Kier alpha value is -4.54. The molecule has 0 saturated heterocycles. The fraction of sp³-hybridized carbons (Fsp3) is 0.231. The maximum atomic E-state index is 13.7. The van der Waals surface area contributed by atoms with Gasteiger partial charge in [-0.1, -0.05) is 19.1 Å². The Morgan fingerprint density at radius 3 is 2.27 bits per heavy atom. The van der Waals surface area contributed by atoms with Crippen molar-refractivity contribution >= 4 is 40.8 Å². The van der Waals surface area contributed by atoms with Crippen LogP contribution >= 0.6 is 0 Å². The van der Waals surface area contributed by atoms with E-state index in [-0.39, 0.29) is 22.8 Å². The normalized spacial score (nSPS) is 11.4. The molecule has 0 radical (unpaired) electrons. The van der Waals surface area contributed by atoms with E-state index in [0.29, 0.717) is 25.1 Å². The summed E-state index contributed by atoms with van der Waals surface area (Å²) in [6.07, 6.45) is 2.11. The molecule has 194 valence electrons. The van der Waals surface area contributed by atoms with Gasteiger partial charge in [0.25, 0.3) is 5.91 Å². The van der Waals surface area contributed by atoms with Gasteiger partial charge in [0.05, 0.1) is 17.2 Å². The standard InChI is InChI=1S/C26H27F2N5O4/c1-3-16(25(35)36)11-15-5-7-17(8-6-15)32-24(34)19-14-30-23(33-26(37)29-4-2)13-22(19)31-18-9-10-20(27)21(28)12-18/h5-10,12-14,16H,3-4,11H2,1-2H3,(H,32,34)(H,35,36)(H3,29,30,31,33,37). The highest BCUT2D eigenvalue weighted by atomic mass is 19.2. The molecule has 0 bridgehead atoms. The average molecular weight is 512 g/mol. The first-order valence-corrected chi connectivity index (χ1v) is 11.6. The number of amides is 3. The molecular formula is C26H27F2N5O4. The number of aliphatic carboxylic acids is 1. The summed E-state index contributed by atoms with van der Waals surface area (Å²) in [4.78, 5) is 40.4. The first-order valence-electron chi connectivity index (χ1n) is 11.6. The van der Waals surface area contributed by atoms with E-state index in [1.807, 2.05) is 6.92 Å². The lowest BCUT2D eigenvalue weighted by Gasteiger charge is -2.15. The van der Waals surface area contributed by atoms with Gasteiger partial charge in [0.15, 0.2) is 11.6 Å². The molecule has 0 spiro atoms. The van der Waals surface area contributed by atoms with Crippen LogP contribution in [-0.4, -0.2) is 34.5 Å². The molecule has 0 aliphatic rings. The number of rotatable bonds is 10. The molecule has 2 aromatic carbocycles.